The molecule has 0 N–H and O–H groups in total. The fourth-order valence-corrected chi connectivity index (χ4v) is 4.09. The van der Waals surface area contributed by atoms with Crippen molar-refractivity contribution in [2.24, 2.45) is 0 Å². The van der Waals surface area contributed by atoms with Crippen molar-refractivity contribution in [1.82, 2.24) is 4.90 Å². The number of rotatable bonds is 4. The molecule has 4 rings (SSSR count). The van der Waals surface area contributed by atoms with E-state index < -0.39 is 0 Å². The third-order valence-corrected chi connectivity index (χ3v) is 6.07. The molecule has 2 aliphatic heterocycles. The largest absolute Gasteiger partial charge is 0.493 e. The minimum Gasteiger partial charge on any atom is -0.493 e. The lowest BCUT2D eigenvalue weighted by molar-refractivity contribution is 0.0252. The number of piperazine rings is 1. The van der Waals surface area contributed by atoms with Crippen molar-refractivity contribution < 1.29 is 19.0 Å². The van der Waals surface area contributed by atoms with E-state index in [0.29, 0.717) is 29.5 Å². The molecule has 0 spiro atoms. The zero-order valence-corrected chi connectivity index (χ0v) is 17.5. The number of methoxy groups -OCH3 is 2. The van der Waals surface area contributed by atoms with E-state index in [2.05, 4.69) is 35.9 Å². The molecule has 2 aliphatic rings. The summed E-state index contributed by atoms with van der Waals surface area (Å²) in [5, 5.41) is 0. The predicted molar refractivity (Wildman–Crippen MR) is 112 cm³/mol. The maximum Gasteiger partial charge on any atom is 0.339 e. The number of ether oxygens (including phenoxy) is 3. The number of hydrogen-bond donors (Lipinski definition) is 0. The van der Waals surface area contributed by atoms with Gasteiger partial charge >= 0.3 is 5.97 Å². The van der Waals surface area contributed by atoms with Gasteiger partial charge in [-0.05, 0) is 49.4 Å². The van der Waals surface area contributed by atoms with Crippen LogP contribution in [-0.4, -0.2) is 57.8 Å². The normalized spacial score (nSPS) is 22.1. The molecular weight excluding hydrogens is 368 g/mol. The van der Waals surface area contributed by atoms with Crippen molar-refractivity contribution in [1.29, 1.82) is 0 Å². The van der Waals surface area contributed by atoms with Crippen molar-refractivity contribution in [2.75, 3.05) is 45.8 Å². The molecule has 2 aromatic rings. The zero-order valence-electron chi connectivity index (χ0n) is 17.5. The van der Waals surface area contributed by atoms with Gasteiger partial charge in [-0.1, -0.05) is 12.1 Å². The molecule has 0 saturated carbocycles. The zero-order chi connectivity index (χ0) is 20.5. The molecule has 0 aliphatic carbocycles. The summed E-state index contributed by atoms with van der Waals surface area (Å²) in [4.78, 5) is 17.5. The third kappa shape index (κ3) is 3.77. The molecule has 0 aromatic heterocycles. The van der Waals surface area contributed by atoms with Gasteiger partial charge in [-0.2, -0.15) is 0 Å². The first-order valence-electron chi connectivity index (χ1n) is 10.0. The van der Waals surface area contributed by atoms with Crippen LogP contribution in [0.15, 0.2) is 36.4 Å². The number of esters is 1. The smallest absolute Gasteiger partial charge is 0.339 e. The maximum atomic E-state index is 12.8. The van der Waals surface area contributed by atoms with E-state index in [0.717, 1.165) is 36.4 Å². The Morgan fingerprint density at radius 1 is 1.03 bits per heavy atom. The first-order chi connectivity index (χ1) is 14.0. The van der Waals surface area contributed by atoms with Crippen molar-refractivity contribution in [3.63, 3.8) is 0 Å². The number of hydrogen-bond acceptors (Lipinski definition) is 6. The average molecular weight is 396 g/mol. The molecule has 0 bridgehead atoms. The Bertz CT molecular complexity index is 914. The predicted octanol–water partition coefficient (Wildman–Crippen LogP) is 3.30. The van der Waals surface area contributed by atoms with E-state index in [1.165, 1.54) is 0 Å². The van der Waals surface area contributed by atoms with Crippen LogP contribution in [0, 0.1) is 0 Å². The SMILES string of the molecule is COc1ccc(C2Cc3ccc(N4CCN(C)[C@@H](C)C4)cc3C(=O)O2)cc1OC. The Labute approximate surface area is 172 Å². The third-order valence-electron chi connectivity index (χ3n) is 6.07. The highest BCUT2D eigenvalue weighted by molar-refractivity contribution is 5.93. The molecule has 2 aromatic carbocycles. The first-order valence-corrected chi connectivity index (χ1v) is 10.0. The van der Waals surface area contributed by atoms with Gasteiger partial charge in [0.1, 0.15) is 6.10 Å². The minimum atomic E-state index is -0.329. The lowest BCUT2D eigenvalue weighted by Crippen LogP contribution is -2.50. The minimum absolute atomic E-state index is 0.268. The van der Waals surface area contributed by atoms with Crippen LogP contribution < -0.4 is 14.4 Å². The van der Waals surface area contributed by atoms with E-state index in [-0.39, 0.29) is 12.1 Å². The fourth-order valence-electron chi connectivity index (χ4n) is 4.09. The van der Waals surface area contributed by atoms with Gasteiger partial charge in [0, 0.05) is 37.8 Å². The Kier molecular flexibility index (Phi) is 5.37. The Morgan fingerprint density at radius 2 is 1.83 bits per heavy atom. The van der Waals surface area contributed by atoms with Crippen molar-refractivity contribution >= 4 is 11.7 Å². The molecule has 154 valence electrons. The van der Waals surface area contributed by atoms with Crippen LogP contribution in [0.3, 0.4) is 0 Å². The monoisotopic (exact) mass is 396 g/mol. The summed E-state index contributed by atoms with van der Waals surface area (Å²) < 4.78 is 16.5. The Morgan fingerprint density at radius 3 is 2.55 bits per heavy atom. The summed E-state index contributed by atoms with van der Waals surface area (Å²) in [5.74, 6) is 1.02. The van der Waals surface area contributed by atoms with Gasteiger partial charge in [-0.15, -0.1) is 0 Å². The quantitative estimate of drug-likeness (QED) is 0.739. The van der Waals surface area contributed by atoms with Gasteiger partial charge < -0.3 is 24.0 Å². The lowest BCUT2D eigenvalue weighted by Gasteiger charge is -2.39. The fraction of sp³-hybridized carbons (Fsp3) is 0.435. The summed E-state index contributed by atoms with van der Waals surface area (Å²) in [5.41, 5.74) is 3.68. The van der Waals surface area contributed by atoms with Gasteiger partial charge in [-0.25, -0.2) is 4.79 Å². The number of anilines is 1. The summed E-state index contributed by atoms with van der Waals surface area (Å²) in [7, 11) is 5.36. The summed E-state index contributed by atoms with van der Waals surface area (Å²) in [6, 6.07) is 12.3. The molecule has 0 radical (unpaired) electrons. The van der Waals surface area contributed by atoms with Crippen LogP contribution in [0.4, 0.5) is 5.69 Å². The number of carbonyl (C=O) groups is 1. The van der Waals surface area contributed by atoms with E-state index in [1.54, 1.807) is 14.2 Å². The molecule has 1 fully saturated rings. The van der Waals surface area contributed by atoms with E-state index in [1.807, 2.05) is 24.3 Å². The molecule has 6 nitrogen and oxygen atoms in total. The molecule has 29 heavy (non-hydrogen) atoms. The molecule has 2 atom stereocenters. The maximum absolute atomic E-state index is 12.8. The van der Waals surface area contributed by atoms with Crippen molar-refractivity contribution in [3.05, 3.63) is 53.1 Å². The van der Waals surface area contributed by atoms with Crippen molar-refractivity contribution in [3.8, 4) is 11.5 Å². The number of carbonyl (C=O) groups excluding carboxylic acids is 1. The number of likely N-dealkylation sites (N-methyl/N-ethyl adjacent to an activating group) is 1. The number of cyclic esters (lactones) is 1. The molecule has 1 saturated heterocycles. The van der Waals surface area contributed by atoms with E-state index in [9.17, 15) is 4.79 Å². The second-order valence-electron chi connectivity index (χ2n) is 7.83. The van der Waals surface area contributed by atoms with Crippen LogP contribution in [0.25, 0.3) is 0 Å². The first kappa shape index (κ1) is 19.6. The number of benzene rings is 2. The van der Waals surface area contributed by atoms with Crippen LogP contribution in [-0.2, 0) is 11.2 Å². The summed E-state index contributed by atoms with van der Waals surface area (Å²) in [6.07, 6.45) is 0.319. The highest BCUT2D eigenvalue weighted by atomic mass is 16.5. The molecule has 1 unspecified atom stereocenters. The highest BCUT2D eigenvalue weighted by Gasteiger charge is 2.29. The lowest BCUT2D eigenvalue weighted by atomic mass is 9.93. The van der Waals surface area contributed by atoms with E-state index in [4.69, 9.17) is 14.2 Å². The molecule has 0 amide bonds. The topological polar surface area (TPSA) is 51.2 Å². The second-order valence-corrected chi connectivity index (χ2v) is 7.83. The molecule has 6 heteroatoms. The highest BCUT2D eigenvalue weighted by Crippen LogP contribution is 2.36. The number of fused-ring (bicyclic) bond motifs is 1. The van der Waals surface area contributed by atoms with Crippen LogP contribution in [0.1, 0.15) is 34.5 Å². The van der Waals surface area contributed by atoms with Gasteiger partial charge in [0.05, 0.1) is 19.8 Å². The summed E-state index contributed by atoms with van der Waals surface area (Å²) in [6.45, 7) is 5.16. The van der Waals surface area contributed by atoms with Crippen molar-refractivity contribution in [2.45, 2.75) is 25.5 Å². The summed E-state index contributed by atoms with van der Waals surface area (Å²) >= 11 is 0. The van der Waals surface area contributed by atoms with Crippen LogP contribution in [0.5, 0.6) is 11.5 Å². The molecule has 2 heterocycles. The van der Waals surface area contributed by atoms with Gasteiger partial charge in [0.15, 0.2) is 11.5 Å². The van der Waals surface area contributed by atoms with Gasteiger partial charge in [0.25, 0.3) is 0 Å². The number of nitrogens with zero attached hydrogens (tertiary/aromatic N) is 2. The standard InChI is InChI=1S/C23H28N2O4/c1-15-14-25(10-9-24(15)2)18-7-5-16-11-21(29-23(26)19(16)13-18)17-6-8-20(27-3)22(12-17)28-4/h5-8,12-13,15,21H,9-11,14H2,1-4H3/t15-,21?/m0/s1. The second kappa shape index (κ2) is 7.95. The van der Waals surface area contributed by atoms with Gasteiger partial charge in [0.2, 0.25) is 0 Å². The van der Waals surface area contributed by atoms with Gasteiger partial charge in [-0.3, -0.25) is 0 Å². The Hall–Kier alpha value is -2.73. The van der Waals surface area contributed by atoms with Crippen LogP contribution in [0.2, 0.25) is 0 Å². The molecular formula is C23H28N2O4. The van der Waals surface area contributed by atoms with Crippen LogP contribution >= 0.6 is 0 Å². The average Bonchev–Trinajstić information content (AvgIpc) is 2.74. The van der Waals surface area contributed by atoms with E-state index >= 15 is 0 Å². The Balaban J connectivity index is 1.57.